The van der Waals surface area contributed by atoms with Gasteiger partial charge in [-0.05, 0) is 50.1 Å². The van der Waals surface area contributed by atoms with Crippen LogP contribution in [0.5, 0.6) is 0 Å². The third kappa shape index (κ3) is 5.52. The number of rotatable bonds is 8. The Morgan fingerprint density at radius 1 is 1.36 bits per heavy atom. The summed E-state index contributed by atoms with van der Waals surface area (Å²) in [7, 11) is 0. The Kier molecular flexibility index (Phi) is 6.96. The Morgan fingerprint density at radius 2 is 2.27 bits per heavy atom. The van der Waals surface area contributed by atoms with Gasteiger partial charge in [0, 0.05) is 30.2 Å². The molecule has 0 unspecified atom stereocenters. The van der Waals surface area contributed by atoms with Gasteiger partial charge in [0.25, 0.3) is 0 Å². The van der Waals surface area contributed by atoms with Gasteiger partial charge in [-0.2, -0.15) is 5.10 Å². The highest BCUT2D eigenvalue weighted by Crippen LogP contribution is 2.08. The summed E-state index contributed by atoms with van der Waals surface area (Å²) in [5.41, 5.74) is 2.44. The highest BCUT2D eigenvalue weighted by molar-refractivity contribution is 7.09. The molecule has 0 amide bonds. The van der Waals surface area contributed by atoms with Crippen LogP contribution in [0, 0.1) is 6.92 Å². The van der Waals surface area contributed by atoms with E-state index in [1.807, 2.05) is 6.20 Å². The van der Waals surface area contributed by atoms with Crippen molar-refractivity contribution in [1.29, 1.82) is 0 Å². The largest absolute Gasteiger partial charge is 0.357 e. The second-order valence-corrected chi connectivity index (χ2v) is 6.17. The average molecular weight is 319 g/mol. The number of H-pyrrole nitrogens is 1. The molecular formula is C16H25N5S. The van der Waals surface area contributed by atoms with E-state index in [0.29, 0.717) is 0 Å². The molecule has 0 radical (unpaired) electrons. The lowest BCUT2D eigenvalue weighted by atomic mass is 10.1. The molecule has 0 fully saturated rings. The first-order valence-electron chi connectivity index (χ1n) is 7.83. The van der Waals surface area contributed by atoms with Crippen LogP contribution in [0.4, 0.5) is 0 Å². The van der Waals surface area contributed by atoms with Crippen molar-refractivity contribution in [2.45, 2.75) is 33.1 Å². The monoisotopic (exact) mass is 319 g/mol. The van der Waals surface area contributed by atoms with E-state index in [4.69, 9.17) is 0 Å². The van der Waals surface area contributed by atoms with Crippen molar-refractivity contribution in [3.63, 3.8) is 0 Å². The Balaban J connectivity index is 1.70. The van der Waals surface area contributed by atoms with E-state index < -0.39 is 0 Å². The van der Waals surface area contributed by atoms with Crippen molar-refractivity contribution in [3.8, 4) is 0 Å². The Hall–Kier alpha value is -1.82. The number of aromatic amines is 1. The molecule has 0 saturated carbocycles. The Morgan fingerprint density at radius 3 is 2.95 bits per heavy atom. The Labute approximate surface area is 136 Å². The maximum Gasteiger partial charge on any atom is 0.191 e. The highest BCUT2D eigenvalue weighted by Gasteiger charge is 2.01. The van der Waals surface area contributed by atoms with Crippen LogP contribution in [0.3, 0.4) is 0 Å². The van der Waals surface area contributed by atoms with Crippen LogP contribution in [0.2, 0.25) is 0 Å². The molecule has 0 saturated heterocycles. The van der Waals surface area contributed by atoms with Crippen molar-refractivity contribution in [1.82, 2.24) is 20.8 Å². The van der Waals surface area contributed by atoms with Crippen molar-refractivity contribution in [2.24, 2.45) is 4.99 Å². The van der Waals surface area contributed by atoms with E-state index in [1.54, 1.807) is 11.3 Å². The molecule has 0 atom stereocenters. The van der Waals surface area contributed by atoms with E-state index in [-0.39, 0.29) is 0 Å². The van der Waals surface area contributed by atoms with Gasteiger partial charge in [-0.25, -0.2) is 0 Å². The van der Waals surface area contributed by atoms with Gasteiger partial charge in [0.1, 0.15) is 0 Å². The van der Waals surface area contributed by atoms with Gasteiger partial charge >= 0.3 is 0 Å². The summed E-state index contributed by atoms with van der Waals surface area (Å²) in [5, 5.41) is 15.8. The molecule has 22 heavy (non-hydrogen) atoms. The number of aromatic nitrogens is 2. The maximum atomic E-state index is 4.63. The molecule has 0 aromatic carbocycles. The van der Waals surface area contributed by atoms with E-state index in [9.17, 15) is 0 Å². The van der Waals surface area contributed by atoms with Gasteiger partial charge in [-0.3, -0.25) is 10.1 Å². The summed E-state index contributed by atoms with van der Waals surface area (Å²) in [5.74, 6) is 0.906. The number of nitrogens with zero attached hydrogens (tertiary/aromatic N) is 2. The normalized spacial score (nSPS) is 11.6. The fraction of sp³-hybridized carbons (Fsp3) is 0.500. The Bertz CT molecular complexity index is 559. The maximum absolute atomic E-state index is 4.63. The predicted molar refractivity (Wildman–Crippen MR) is 93.7 cm³/mol. The van der Waals surface area contributed by atoms with Crippen molar-refractivity contribution < 1.29 is 0 Å². The first-order valence-corrected chi connectivity index (χ1v) is 8.71. The summed E-state index contributed by atoms with van der Waals surface area (Å²) >= 11 is 1.80. The van der Waals surface area contributed by atoms with Crippen LogP contribution < -0.4 is 10.6 Å². The molecule has 0 aliphatic carbocycles. The van der Waals surface area contributed by atoms with E-state index >= 15 is 0 Å². The van der Waals surface area contributed by atoms with Gasteiger partial charge in [-0.15, -0.1) is 11.3 Å². The van der Waals surface area contributed by atoms with Gasteiger partial charge in [0.05, 0.1) is 6.20 Å². The molecule has 2 heterocycles. The van der Waals surface area contributed by atoms with Crippen molar-refractivity contribution >= 4 is 17.3 Å². The number of aliphatic imine (C=N–C) groups is 1. The van der Waals surface area contributed by atoms with Crippen LogP contribution in [0.1, 0.15) is 29.5 Å². The summed E-state index contributed by atoms with van der Waals surface area (Å²) in [6.07, 6.45) is 4.99. The molecule has 0 aliphatic heterocycles. The number of hydrogen-bond acceptors (Lipinski definition) is 3. The number of guanidine groups is 1. The zero-order valence-electron chi connectivity index (χ0n) is 13.4. The van der Waals surface area contributed by atoms with Crippen molar-refractivity contribution in [3.05, 3.63) is 39.8 Å². The average Bonchev–Trinajstić information content (AvgIpc) is 3.15. The molecule has 5 nitrogen and oxygen atoms in total. The second-order valence-electron chi connectivity index (χ2n) is 5.14. The quantitative estimate of drug-likeness (QED) is 0.398. The van der Waals surface area contributed by atoms with Gasteiger partial charge in [-0.1, -0.05) is 6.07 Å². The molecule has 0 bridgehead atoms. The first-order chi connectivity index (χ1) is 10.8. The summed E-state index contributed by atoms with van der Waals surface area (Å²) in [4.78, 5) is 6.03. The zero-order valence-corrected chi connectivity index (χ0v) is 14.2. The van der Waals surface area contributed by atoms with Crippen LogP contribution >= 0.6 is 11.3 Å². The fourth-order valence-electron chi connectivity index (χ4n) is 2.19. The lowest BCUT2D eigenvalue weighted by Gasteiger charge is -2.10. The molecule has 3 N–H and O–H groups in total. The minimum absolute atomic E-state index is 0.818. The lowest BCUT2D eigenvalue weighted by Crippen LogP contribution is -2.38. The van der Waals surface area contributed by atoms with E-state index in [2.05, 4.69) is 57.2 Å². The van der Waals surface area contributed by atoms with Gasteiger partial charge in [0.15, 0.2) is 5.96 Å². The lowest BCUT2D eigenvalue weighted by molar-refractivity contribution is 0.778. The number of thiophene rings is 1. The van der Waals surface area contributed by atoms with E-state index in [1.165, 1.54) is 10.4 Å². The highest BCUT2D eigenvalue weighted by atomic mass is 32.1. The van der Waals surface area contributed by atoms with Gasteiger partial charge in [0.2, 0.25) is 0 Å². The number of hydrogen-bond donors (Lipinski definition) is 3. The number of aryl methyl sites for hydroxylation is 2. The standard InChI is InChI=1S/C16H25N5S/c1-3-17-16(19-10-8-15-7-5-11-22-15)18-9-4-6-14-12-20-21-13(14)2/h5,7,11-12H,3-4,6,8-10H2,1-2H3,(H,20,21)(H2,17,18,19). The smallest absolute Gasteiger partial charge is 0.191 e. The fourth-order valence-corrected chi connectivity index (χ4v) is 2.90. The second kappa shape index (κ2) is 9.25. The topological polar surface area (TPSA) is 65.1 Å². The molecular weight excluding hydrogens is 294 g/mol. The summed E-state index contributed by atoms with van der Waals surface area (Å²) < 4.78 is 0. The molecule has 0 spiro atoms. The van der Waals surface area contributed by atoms with Crippen LogP contribution in [0.15, 0.2) is 28.7 Å². The summed E-state index contributed by atoms with van der Waals surface area (Å²) in [6.45, 7) is 6.75. The molecule has 2 rings (SSSR count). The molecule has 120 valence electrons. The molecule has 2 aromatic heterocycles. The predicted octanol–water partition coefficient (Wildman–Crippen LogP) is 2.51. The number of nitrogens with one attached hydrogen (secondary N) is 3. The molecule has 0 aliphatic rings. The van der Waals surface area contributed by atoms with Crippen molar-refractivity contribution in [2.75, 3.05) is 19.6 Å². The van der Waals surface area contributed by atoms with Crippen LogP contribution in [0.25, 0.3) is 0 Å². The molecule has 2 aromatic rings. The molecule has 6 heteroatoms. The third-order valence-corrected chi connectivity index (χ3v) is 4.33. The van der Waals surface area contributed by atoms with Gasteiger partial charge < -0.3 is 10.6 Å². The van der Waals surface area contributed by atoms with Crippen LogP contribution in [-0.4, -0.2) is 35.8 Å². The first kappa shape index (κ1) is 16.5. The minimum atomic E-state index is 0.818. The van der Waals surface area contributed by atoms with Crippen LogP contribution in [-0.2, 0) is 12.8 Å². The zero-order chi connectivity index (χ0) is 15.6. The summed E-state index contributed by atoms with van der Waals surface area (Å²) in [6, 6.07) is 4.26. The van der Waals surface area contributed by atoms with E-state index in [0.717, 1.165) is 50.6 Å². The SMILES string of the molecule is CCNC(=NCCCc1cn[nH]c1C)NCCc1cccs1. The third-order valence-electron chi connectivity index (χ3n) is 3.40. The minimum Gasteiger partial charge on any atom is -0.357 e.